The quantitative estimate of drug-likeness (QED) is 0.550. The highest BCUT2D eigenvalue weighted by Crippen LogP contribution is 2.34. The first kappa shape index (κ1) is 20.0. The lowest BCUT2D eigenvalue weighted by Gasteiger charge is -2.29. The molecule has 0 saturated heterocycles. The number of anilines is 2. The summed E-state index contributed by atoms with van der Waals surface area (Å²) in [6, 6.07) is 17.8. The SMILES string of the molecule is CC.Cc1ccc(N(C2=CC=CCC2)c2ccc(C(C)(C)C)cc2)cc1. The largest absolute Gasteiger partial charge is 0.314 e. The van der Waals surface area contributed by atoms with Gasteiger partial charge in [-0.3, -0.25) is 0 Å². The zero-order valence-corrected chi connectivity index (χ0v) is 17.2. The Morgan fingerprint density at radius 3 is 1.81 bits per heavy atom. The standard InChI is InChI=1S/C23H27N.C2H6/c1-18-10-14-21(15-11-18)24(20-8-6-5-7-9-20)22-16-12-19(13-17-22)23(2,3)4;1-2/h5-6,8,10-17H,7,9H2,1-4H3;1-2H3. The summed E-state index contributed by atoms with van der Waals surface area (Å²) in [5.41, 5.74) is 6.65. The summed E-state index contributed by atoms with van der Waals surface area (Å²) < 4.78 is 0. The fourth-order valence-electron chi connectivity index (χ4n) is 3.06. The van der Waals surface area contributed by atoms with Gasteiger partial charge in [-0.25, -0.2) is 0 Å². The van der Waals surface area contributed by atoms with E-state index in [9.17, 15) is 0 Å². The fourth-order valence-corrected chi connectivity index (χ4v) is 3.06. The molecule has 2 aromatic carbocycles. The van der Waals surface area contributed by atoms with E-state index in [0.29, 0.717) is 0 Å². The topological polar surface area (TPSA) is 3.24 Å². The maximum Gasteiger partial charge on any atom is 0.0458 e. The Labute approximate surface area is 160 Å². The number of hydrogen-bond acceptors (Lipinski definition) is 1. The first-order valence-electron chi connectivity index (χ1n) is 9.78. The van der Waals surface area contributed by atoms with Gasteiger partial charge in [0.2, 0.25) is 0 Å². The van der Waals surface area contributed by atoms with Crippen LogP contribution in [0.25, 0.3) is 0 Å². The smallest absolute Gasteiger partial charge is 0.0458 e. The first-order chi connectivity index (χ1) is 12.4. The molecule has 0 saturated carbocycles. The summed E-state index contributed by atoms with van der Waals surface area (Å²) in [5, 5.41) is 0. The third-order valence-corrected chi connectivity index (χ3v) is 4.56. The summed E-state index contributed by atoms with van der Waals surface area (Å²) in [6.07, 6.45) is 8.82. The average molecular weight is 348 g/mol. The molecule has 0 radical (unpaired) electrons. The molecule has 26 heavy (non-hydrogen) atoms. The predicted octanol–water partition coefficient (Wildman–Crippen LogP) is 7.69. The molecule has 138 valence electrons. The van der Waals surface area contributed by atoms with Gasteiger partial charge in [-0.15, -0.1) is 0 Å². The minimum absolute atomic E-state index is 0.181. The highest BCUT2D eigenvalue weighted by atomic mass is 15.1. The van der Waals surface area contributed by atoms with Crippen LogP contribution >= 0.6 is 0 Å². The molecule has 0 fully saturated rings. The Morgan fingerprint density at radius 2 is 1.35 bits per heavy atom. The third-order valence-electron chi connectivity index (χ3n) is 4.56. The van der Waals surface area contributed by atoms with E-state index in [1.807, 2.05) is 13.8 Å². The van der Waals surface area contributed by atoms with Crippen molar-refractivity contribution >= 4 is 11.4 Å². The van der Waals surface area contributed by atoms with Crippen LogP contribution in [0.3, 0.4) is 0 Å². The summed E-state index contributed by atoms with van der Waals surface area (Å²) >= 11 is 0. The van der Waals surface area contributed by atoms with Gasteiger partial charge in [0.15, 0.2) is 0 Å². The molecule has 0 spiro atoms. The minimum atomic E-state index is 0.181. The predicted molar refractivity (Wildman–Crippen MR) is 116 cm³/mol. The van der Waals surface area contributed by atoms with Crippen molar-refractivity contribution in [3.8, 4) is 0 Å². The molecule has 2 aromatic rings. The monoisotopic (exact) mass is 347 g/mol. The molecule has 0 heterocycles. The van der Waals surface area contributed by atoms with Crippen LogP contribution in [0.1, 0.15) is 58.6 Å². The Hall–Kier alpha value is -2.28. The van der Waals surface area contributed by atoms with Crippen LogP contribution < -0.4 is 4.90 Å². The highest BCUT2D eigenvalue weighted by Gasteiger charge is 2.17. The van der Waals surface area contributed by atoms with Crippen LogP contribution in [0, 0.1) is 6.92 Å². The molecule has 0 N–H and O–H groups in total. The van der Waals surface area contributed by atoms with Crippen molar-refractivity contribution in [1.29, 1.82) is 0 Å². The van der Waals surface area contributed by atoms with Gasteiger partial charge < -0.3 is 4.90 Å². The van der Waals surface area contributed by atoms with Crippen molar-refractivity contribution in [2.45, 2.75) is 59.8 Å². The maximum absolute atomic E-state index is 2.38. The second-order valence-electron chi connectivity index (χ2n) is 7.59. The number of hydrogen-bond donors (Lipinski definition) is 0. The van der Waals surface area contributed by atoms with E-state index in [4.69, 9.17) is 0 Å². The van der Waals surface area contributed by atoms with Gasteiger partial charge in [-0.2, -0.15) is 0 Å². The molecule has 0 bridgehead atoms. The lowest BCUT2D eigenvalue weighted by molar-refractivity contribution is 0.590. The number of allylic oxidation sites excluding steroid dienone is 4. The number of aryl methyl sites for hydroxylation is 1. The van der Waals surface area contributed by atoms with Crippen LogP contribution in [-0.2, 0) is 5.41 Å². The minimum Gasteiger partial charge on any atom is -0.314 e. The Morgan fingerprint density at radius 1 is 0.808 bits per heavy atom. The van der Waals surface area contributed by atoms with E-state index in [1.54, 1.807) is 0 Å². The zero-order valence-electron chi connectivity index (χ0n) is 17.2. The molecule has 3 rings (SSSR count). The van der Waals surface area contributed by atoms with Crippen LogP contribution in [0.2, 0.25) is 0 Å². The van der Waals surface area contributed by atoms with Gasteiger partial charge in [0.05, 0.1) is 0 Å². The Balaban J connectivity index is 0.00000117. The molecule has 0 aliphatic heterocycles. The number of nitrogens with zero attached hydrogens (tertiary/aromatic N) is 1. The Bertz CT molecular complexity index is 740. The molecular weight excluding hydrogens is 314 g/mol. The zero-order chi connectivity index (χ0) is 19.2. The van der Waals surface area contributed by atoms with Crippen molar-refractivity contribution < 1.29 is 0 Å². The average Bonchev–Trinajstić information content (AvgIpc) is 2.66. The molecule has 0 amide bonds. The number of rotatable bonds is 3. The van der Waals surface area contributed by atoms with Gasteiger partial charge in [0.25, 0.3) is 0 Å². The van der Waals surface area contributed by atoms with Crippen LogP contribution in [0.5, 0.6) is 0 Å². The van der Waals surface area contributed by atoms with Crippen molar-refractivity contribution in [2.24, 2.45) is 0 Å². The maximum atomic E-state index is 2.38. The van der Waals surface area contributed by atoms with E-state index < -0.39 is 0 Å². The molecule has 0 atom stereocenters. The first-order valence-corrected chi connectivity index (χ1v) is 9.78. The van der Waals surface area contributed by atoms with E-state index in [-0.39, 0.29) is 5.41 Å². The van der Waals surface area contributed by atoms with E-state index in [0.717, 1.165) is 12.8 Å². The second-order valence-corrected chi connectivity index (χ2v) is 7.59. The van der Waals surface area contributed by atoms with Gasteiger partial charge >= 0.3 is 0 Å². The summed E-state index contributed by atoms with van der Waals surface area (Å²) in [6.45, 7) is 12.9. The van der Waals surface area contributed by atoms with Crippen molar-refractivity contribution in [3.05, 3.63) is 83.6 Å². The van der Waals surface area contributed by atoms with Crippen LogP contribution in [-0.4, -0.2) is 0 Å². The van der Waals surface area contributed by atoms with Crippen LogP contribution in [0.4, 0.5) is 11.4 Å². The molecular formula is C25H33N. The molecule has 0 unspecified atom stereocenters. The highest BCUT2D eigenvalue weighted by molar-refractivity contribution is 5.69. The molecule has 1 nitrogen and oxygen atoms in total. The molecule has 1 heteroatoms. The molecule has 0 aromatic heterocycles. The summed E-state index contributed by atoms with van der Waals surface area (Å²) in [5.74, 6) is 0. The van der Waals surface area contributed by atoms with E-state index >= 15 is 0 Å². The normalized spacial score (nSPS) is 13.5. The van der Waals surface area contributed by atoms with Crippen molar-refractivity contribution in [2.75, 3.05) is 4.90 Å². The molecule has 1 aliphatic rings. The van der Waals surface area contributed by atoms with E-state index in [2.05, 4.69) is 99.4 Å². The fraction of sp³-hybridized carbons (Fsp3) is 0.360. The molecule has 1 aliphatic carbocycles. The Kier molecular flexibility index (Phi) is 6.85. The van der Waals surface area contributed by atoms with Gasteiger partial charge in [0.1, 0.15) is 0 Å². The van der Waals surface area contributed by atoms with Gasteiger partial charge in [-0.1, -0.05) is 76.6 Å². The van der Waals surface area contributed by atoms with Crippen LogP contribution in [0.15, 0.2) is 72.5 Å². The third kappa shape index (κ3) is 4.88. The lowest BCUT2D eigenvalue weighted by atomic mass is 9.87. The van der Waals surface area contributed by atoms with E-state index in [1.165, 1.54) is 28.2 Å². The van der Waals surface area contributed by atoms with Gasteiger partial charge in [0, 0.05) is 17.1 Å². The number of benzene rings is 2. The lowest BCUT2D eigenvalue weighted by Crippen LogP contribution is -2.18. The second kappa shape index (κ2) is 8.89. The van der Waals surface area contributed by atoms with Crippen molar-refractivity contribution in [3.63, 3.8) is 0 Å². The van der Waals surface area contributed by atoms with Gasteiger partial charge in [-0.05, 0) is 61.1 Å². The summed E-state index contributed by atoms with van der Waals surface area (Å²) in [7, 11) is 0. The van der Waals surface area contributed by atoms with Crippen molar-refractivity contribution in [1.82, 2.24) is 0 Å². The summed E-state index contributed by atoms with van der Waals surface area (Å²) in [4.78, 5) is 2.38.